The van der Waals surface area contributed by atoms with Gasteiger partial charge in [-0.25, -0.2) is 4.39 Å². The molecule has 0 bridgehead atoms. The molecular weight excluding hydrogens is 201 g/mol. The Balaban J connectivity index is 2.32. The van der Waals surface area contributed by atoms with Crippen molar-refractivity contribution < 1.29 is 4.39 Å². The zero-order valence-corrected chi connectivity index (χ0v) is 10.1. The normalized spacial score (nSPS) is 21.4. The minimum Gasteiger partial charge on any atom is -0.316 e. The molecule has 0 radical (unpaired) electrons. The molecule has 0 aromatic heterocycles. The van der Waals surface area contributed by atoms with Crippen molar-refractivity contribution in [3.63, 3.8) is 0 Å². The number of hydrogen-bond donors (Lipinski definition) is 1. The third-order valence-corrected chi connectivity index (χ3v) is 3.41. The second kappa shape index (κ2) is 4.96. The second-order valence-corrected chi connectivity index (χ2v) is 4.97. The Hall–Kier alpha value is -0.890. The van der Waals surface area contributed by atoms with Crippen LogP contribution in [-0.4, -0.2) is 13.1 Å². The summed E-state index contributed by atoms with van der Waals surface area (Å²) in [5.74, 6) is 0.851. The van der Waals surface area contributed by atoms with Crippen LogP contribution >= 0.6 is 0 Å². The van der Waals surface area contributed by atoms with E-state index >= 15 is 0 Å². The Bertz CT molecular complexity index is 354. The number of hydrogen-bond acceptors (Lipinski definition) is 1. The van der Waals surface area contributed by atoms with E-state index in [0.717, 1.165) is 13.1 Å². The standard InChI is InChI=1S/C14H20FN/c1-10(2)13-6-5-12(15)8-14(13)11-4-3-7-16-9-11/h5-6,8,10-11,16H,3-4,7,9H2,1-2H3. The Morgan fingerprint density at radius 2 is 2.19 bits per heavy atom. The van der Waals surface area contributed by atoms with Crippen molar-refractivity contribution in [1.29, 1.82) is 0 Å². The van der Waals surface area contributed by atoms with Crippen LogP contribution in [0.5, 0.6) is 0 Å². The average Bonchev–Trinajstić information content (AvgIpc) is 2.29. The number of halogens is 1. The SMILES string of the molecule is CC(C)c1ccc(F)cc1C1CCCNC1. The fourth-order valence-electron chi connectivity index (χ4n) is 2.54. The second-order valence-electron chi connectivity index (χ2n) is 4.97. The van der Waals surface area contributed by atoms with Crippen LogP contribution in [0.4, 0.5) is 4.39 Å². The molecule has 0 saturated carbocycles. The largest absolute Gasteiger partial charge is 0.316 e. The average molecular weight is 221 g/mol. The molecule has 1 aromatic carbocycles. The highest BCUT2D eigenvalue weighted by atomic mass is 19.1. The van der Waals surface area contributed by atoms with Gasteiger partial charge in [0, 0.05) is 6.54 Å². The first-order chi connectivity index (χ1) is 7.68. The highest BCUT2D eigenvalue weighted by molar-refractivity contribution is 5.34. The molecule has 1 aliphatic heterocycles. The fraction of sp³-hybridized carbons (Fsp3) is 0.571. The first-order valence-corrected chi connectivity index (χ1v) is 6.18. The third kappa shape index (κ3) is 2.43. The van der Waals surface area contributed by atoms with E-state index in [4.69, 9.17) is 0 Å². The molecule has 2 rings (SSSR count). The molecule has 1 N–H and O–H groups in total. The van der Waals surface area contributed by atoms with Gasteiger partial charge in [-0.2, -0.15) is 0 Å². The van der Waals surface area contributed by atoms with Gasteiger partial charge in [-0.05, 0) is 54.5 Å². The van der Waals surface area contributed by atoms with E-state index in [0.29, 0.717) is 11.8 Å². The maximum absolute atomic E-state index is 13.3. The lowest BCUT2D eigenvalue weighted by Crippen LogP contribution is -2.29. The van der Waals surface area contributed by atoms with Crippen LogP contribution in [0.2, 0.25) is 0 Å². The first kappa shape index (κ1) is 11.6. The van der Waals surface area contributed by atoms with Crippen LogP contribution in [0, 0.1) is 5.82 Å². The van der Waals surface area contributed by atoms with E-state index in [1.54, 1.807) is 12.1 Å². The molecule has 1 fully saturated rings. The summed E-state index contributed by atoms with van der Waals surface area (Å²) in [7, 11) is 0. The maximum atomic E-state index is 13.3. The zero-order chi connectivity index (χ0) is 11.5. The summed E-state index contributed by atoms with van der Waals surface area (Å²) in [6.07, 6.45) is 2.37. The summed E-state index contributed by atoms with van der Waals surface area (Å²) in [6, 6.07) is 5.26. The molecule has 1 saturated heterocycles. The van der Waals surface area contributed by atoms with Crippen LogP contribution in [0.15, 0.2) is 18.2 Å². The van der Waals surface area contributed by atoms with Crippen molar-refractivity contribution in [3.8, 4) is 0 Å². The van der Waals surface area contributed by atoms with Crippen LogP contribution in [0.1, 0.15) is 49.7 Å². The first-order valence-electron chi connectivity index (χ1n) is 6.18. The lowest BCUT2D eigenvalue weighted by Gasteiger charge is -2.26. The van der Waals surface area contributed by atoms with Crippen molar-refractivity contribution in [2.24, 2.45) is 0 Å². The van der Waals surface area contributed by atoms with Gasteiger partial charge in [-0.3, -0.25) is 0 Å². The van der Waals surface area contributed by atoms with Gasteiger partial charge in [-0.15, -0.1) is 0 Å². The minimum absolute atomic E-state index is 0.107. The summed E-state index contributed by atoms with van der Waals surface area (Å²) in [5.41, 5.74) is 2.51. The molecule has 2 heteroatoms. The summed E-state index contributed by atoms with van der Waals surface area (Å²) >= 11 is 0. The van der Waals surface area contributed by atoms with Crippen LogP contribution in [0.3, 0.4) is 0 Å². The lowest BCUT2D eigenvalue weighted by molar-refractivity contribution is 0.456. The predicted molar refractivity (Wildman–Crippen MR) is 65.3 cm³/mol. The highest BCUT2D eigenvalue weighted by Gasteiger charge is 2.19. The molecule has 1 unspecified atom stereocenters. The van der Waals surface area contributed by atoms with Gasteiger partial charge in [0.2, 0.25) is 0 Å². The van der Waals surface area contributed by atoms with Gasteiger partial charge < -0.3 is 5.32 Å². The monoisotopic (exact) mass is 221 g/mol. The van der Waals surface area contributed by atoms with Gasteiger partial charge in [-0.1, -0.05) is 19.9 Å². The van der Waals surface area contributed by atoms with E-state index in [1.165, 1.54) is 24.0 Å². The van der Waals surface area contributed by atoms with Crippen molar-refractivity contribution in [3.05, 3.63) is 35.1 Å². The van der Waals surface area contributed by atoms with Crippen LogP contribution in [-0.2, 0) is 0 Å². The topological polar surface area (TPSA) is 12.0 Å². The van der Waals surface area contributed by atoms with E-state index in [1.807, 2.05) is 6.07 Å². The number of rotatable bonds is 2. The van der Waals surface area contributed by atoms with Crippen LogP contribution < -0.4 is 5.32 Å². The van der Waals surface area contributed by atoms with Crippen molar-refractivity contribution in [1.82, 2.24) is 5.32 Å². The number of nitrogens with one attached hydrogen (secondary N) is 1. The molecule has 1 atom stereocenters. The molecule has 1 heterocycles. The molecule has 16 heavy (non-hydrogen) atoms. The predicted octanol–water partition coefficient (Wildman–Crippen LogP) is 3.42. The van der Waals surface area contributed by atoms with Gasteiger partial charge in [0.05, 0.1) is 0 Å². The Kier molecular flexibility index (Phi) is 3.59. The Morgan fingerprint density at radius 1 is 1.38 bits per heavy atom. The summed E-state index contributed by atoms with van der Waals surface area (Å²) in [5, 5.41) is 3.40. The molecule has 1 aliphatic rings. The summed E-state index contributed by atoms with van der Waals surface area (Å²) in [4.78, 5) is 0. The molecule has 88 valence electrons. The lowest BCUT2D eigenvalue weighted by atomic mass is 9.85. The summed E-state index contributed by atoms with van der Waals surface area (Å²) in [6.45, 7) is 6.44. The minimum atomic E-state index is -0.107. The van der Waals surface area contributed by atoms with Crippen molar-refractivity contribution in [2.75, 3.05) is 13.1 Å². The van der Waals surface area contributed by atoms with Gasteiger partial charge in [0.1, 0.15) is 5.82 Å². The number of piperidine rings is 1. The zero-order valence-electron chi connectivity index (χ0n) is 10.1. The molecule has 0 amide bonds. The van der Waals surface area contributed by atoms with Crippen LogP contribution in [0.25, 0.3) is 0 Å². The van der Waals surface area contributed by atoms with E-state index in [-0.39, 0.29) is 5.82 Å². The van der Waals surface area contributed by atoms with Gasteiger partial charge in [0.25, 0.3) is 0 Å². The van der Waals surface area contributed by atoms with Gasteiger partial charge >= 0.3 is 0 Å². The molecule has 0 spiro atoms. The van der Waals surface area contributed by atoms with E-state index < -0.39 is 0 Å². The smallest absolute Gasteiger partial charge is 0.123 e. The van der Waals surface area contributed by atoms with Crippen molar-refractivity contribution >= 4 is 0 Å². The van der Waals surface area contributed by atoms with E-state index in [9.17, 15) is 4.39 Å². The molecule has 1 nitrogen and oxygen atoms in total. The molecule has 0 aliphatic carbocycles. The summed E-state index contributed by atoms with van der Waals surface area (Å²) < 4.78 is 13.3. The Morgan fingerprint density at radius 3 is 2.81 bits per heavy atom. The van der Waals surface area contributed by atoms with Gasteiger partial charge in [0.15, 0.2) is 0 Å². The third-order valence-electron chi connectivity index (χ3n) is 3.41. The molecule has 1 aromatic rings. The quantitative estimate of drug-likeness (QED) is 0.807. The van der Waals surface area contributed by atoms with Crippen molar-refractivity contribution in [2.45, 2.75) is 38.5 Å². The van der Waals surface area contributed by atoms with E-state index in [2.05, 4.69) is 19.2 Å². The highest BCUT2D eigenvalue weighted by Crippen LogP contribution is 2.30. The fourth-order valence-corrected chi connectivity index (χ4v) is 2.54. The Labute approximate surface area is 97.1 Å². The molecular formula is C14H20FN. The maximum Gasteiger partial charge on any atom is 0.123 e. The number of benzene rings is 1.